The van der Waals surface area contributed by atoms with Gasteiger partial charge in [0.25, 0.3) is 5.91 Å². The van der Waals surface area contributed by atoms with Crippen LogP contribution >= 0.6 is 11.6 Å². The summed E-state index contributed by atoms with van der Waals surface area (Å²) in [6.45, 7) is 2.70. The van der Waals surface area contributed by atoms with Crippen molar-refractivity contribution in [2.24, 2.45) is 5.92 Å². The fraction of sp³-hybridized carbons (Fsp3) is 0.370. The van der Waals surface area contributed by atoms with Gasteiger partial charge in [-0.05, 0) is 55.0 Å². The zero-order valence-electron chi connectivity index (χ0n) is 20.9. The van der Waals surface area contributed by atoms with Gasteiger partial charge in [0.05, 0.1) is 39.9 Å². The van der Waals surface area contributed by atoms with E-state index < -0.39 is 28.5 Å². The second-order valence-corrected chi connectivity index (χ2v) is 11.9. The number of benzene rings is 2. The first-order valence-electron chi connectivity index (χ1n) is 12.5. The van der Waals surface area contributed by atoms with Gasteiger partial charge in [0.2, 0.25) is 10.0 Å². The topological polar surface area (TPSA) is 115 Å². The molecule has 9 nitrogen and oxygen atoms in total. The van der Waals surface area contributed by atoms with Crippen molar-refractivity contribution >= 4 is 50.1 Å². The minimum atomic E-state index is -3.78. The number of anilines is 1. The molecule has 0 radical (unpaired) electrons. The minimum absolute atomic E-state index is 0.0000906. The van der Waals surface area contributed by atoms with Gasteiger partial charge in [0, 0.05) is 24.2 Å². The van der Waals surface area contributed by atoms with Crippen molar-refractivity contribution in [3.05, 3.63) is 64.3 Å². The maximum atomic E-state index is 13.3. The van der Waals surface area contributed by atoms with E-state index in [0.29, 0.717) is 42.0 Å². The van der Waals surface area contributed by atoms with Crippen LogP contribution in [0.5, 0.6) is 0 Å². The number of sulfonamides is 1. The molecule has 5 rings (SSSR count). The fourth-order valence-corrected chi connectivity index (χ4v) is 6.48. The first-order chi connectivity index (χ1) is 18.2. The normalized spacial score (nSPS) is 18.1. The minimum Gasteiger partial charge on any atom is -0.452 e. The van der Waals surface area contributed by atoms with E-state index in [2.05, 4.69) is 12.2 Å². The van der Waals surface area contributed by atoms with Crippen molar-refractivity contribution in [2.75, 3.05) is 38.2 Å². The van der Waals surface area contributed by atoms with Crippen molar-refractivity contribution in [3.8, 4) is 0 Å². The third-order valence-electron chi connectivity index (χ3n) is 6.86. The van der Waals surface area contributed by atoms with E-state index in [-0.39, 0.29) is 28.7 Å². The highest BCUT2D eigenvalue weighted by atomic mass is 35.5. The molecule has 1 saturated heterocycles. The number of amides is 1. The number of aryl methyl sites for hydroxylation is 1. The van der Waals surface area contributed by atoms with Crippen LogP contribution in [0, 0.1) is 5.92 Å². The predicted molar refractivity (Wildman–Crippen MR) is 143 cm³/mol. The molecule has 0 bridgehead atoms. The first-order valence-corrected chi connectivity index (χ1v) is 14.3. The zero-order chi connectivity index (χ0) is 26.9. The maximum absolute atomic E-state index is 13.3. The molecule has 2 aromatic carbocycles. The largest absolute Gasteiger partial charge is 0.452 e. The first kappa shape index (κ1) is 26.6. The van der Waals surface area contributed by atoms with Crippen molar-refractivity contribution in [2.45, 2.75) is 31.1 Å². The van der Waals surface area contributed by atoms with Crippen LogP contribution in [0.1, 0.15) is 35.0 Å². The molecule has 1 amide bonds. The maximum Gasteiger partial charge on any atom is 0.339 e. The Kier molecular flexibility index (Phi) is 7.67. The summed E-state index contributed by atoms with van der Waals surface area (Å²) in [5, 5.41) is 3.42. The number of carbonyl (C=O) groups is 2. The standard InChI is InChI=1S/C27H28ClN3O6S/c1-17-6-9-23-20(14-17)26(19-4-2-3-5-22(19)29-23)27(33)37-16-25(32)30-24-15-18(7-8-21(24)28)38(34,35)31-10-12-36-13-11-31/h2-5,7-8,15,17H,6,9-14,16H2,1H3,(H,30,32)/t17-/m1/s1. The summed E-state index contributed by atoms with van der Waals surface area (Å²) in [7, 11) is -3.78. The number of para-hydroxylation sites is 1. The van der Waals surface area contributed by atoms with Gasteiger partial charge >= 0.3 is 5.97 Å². The Morgan fingerprint density at radius 2 is 1.95 bits per heavy atom. The van der Waals surface area contributed by atoms with Gasteiger partial charge in [-0.1, -0.05) is 36.7 Å². The molecule has 0 spiro atoms. The van der Waals surface area contributed by atoms with Crippen molar-refractivity contribution in [3.63, 3.8) is 0 Å². The van der Waals surface area contributed by atoms with Gasteiger partial charge in [-0.25, -0.2) is 13.2 Å². The van der Waals surface area contributed by atoms with Crippen LogP contribution in [0.3, 0.4) is 0 Å². The van der Waals surface area contributed by atoms with Crippen LogP contribution < -0.4 is 5.32 Å². The lowest BCUT2D eigenvalue weighted by atomic mass is 9.84. The number of nitrogens with zero attached hydrogens (tertiary/aromatic N) is 2. The number of aromatic nitrogens is 1. The molecule has 2 heterocycles. The Bertz CT molecular complexity index is 1500. The molecular formula is C27H28ClN3O6S. The number of esters is 1. The lowest BCUT2D eigenvalue weighted by Crippen LogP contribution is -2.40. The van der Waals surface area contributed by atoms with Gasteiger partial charge < -0.3 is 14.8 Å². The van der Waals surface area contributed by atoms with Crippen molar-refractivity contribution in [1.29, 1.82) is 0 Å². The Morgan fingerprint density at radius 1 is 1.18 bits per heavy atom. The molecule has 1 aliphatic heterocycles. The van der Waals surface area contributed by atoms with E-state index in [1.165, 1.54) is 22.5 Å². The number of fused-ring (bicyclic) bond motifs is 2. The van der Waals surface area contributed by atoms with E-state index in [1.807, 2.05) is 24.3 Å². The summed E-state index contributed by atoms with van der Waals surface area (Å²) in [5.41, 5.74) is 3.03. The van der Waals surface area contributed by atoms with Crippen LogP contribution in [0.2, 0.25) is 5.02 Å². The molecular weight excluding hydrogens is 530 g/mol. The lowest BCUT2D eigenvalue weighted by molar-refractivity contribution is -0.119. The number of halogens is 1. The summed E-state index contributed by atoms with van der Waals surface area (Å²) < 4.78 is 38.0. The Labute approximate surface area is 226 Å². The molecule has 200 valence electrons. The van der Waals surface area contributed by atoms with E-state index >= 15 is 0 Å². The summed E-state index contributed by atoms with van der Waals surface area (Å²) in [6, 6.07) is 11.5. The third kappa shape index (κ3) is 5.40. The Morgan fingerprint density at radius 3 is 2.74 bits per heavy atom. The van der Waals surface area contributed by atoms with E-state index in [9.17, 15) is 18.0 Å². The van der Waals surface area contributed by atoms with E-state index in [4.69, 9.17) is 26.1 Å². The predicted octanol–water partition coefficient (Wildman–Crippen LogP) is 3.83. The van der Waals surface area contributed by atoms with Gasteiger partial charge in [-0.3, -0.25) is 9.78 Å². The number of ether oxygens (including phenoxy) is 2. The lowest BCUT2D eigenvalue weighted by Gasteiger charge is -2.26. The van der Waals surface area contributed by atoms with Crippen molar-refractivity contribution < 1.29 is 27.5 Å². The van der Waals surface area contributed by atoms with Crippen LogP contribution in [0.4, 0.5) is 5.69 Å². The molecule has 1 aromatic heterocycles. The third-order valence-corrected chi connectivity index (χ3v) is 9.09. The average Bonchev–Trinajstić information content (AvgIpc) is 2.92. The Hall–Kier alpha value is -3.05. The van der Waals surface area contributed by atoms with Gasteiger partial charge in [0.15, 0.2) is 6.61 Å². The van der Waals surface area contributed by atoms with Crippen LogP contribution in [0.15, 0.2) is 47.4 Å². The number of carbonyl (C=O) groups excluding carboxylic acids is 2. The molecule has 1 atom stereocenters. The summed E-state index contributed by atoms with van der Waals surface area (Å²) >= 11 is 6.24. The zero-order valence-corrected chi connectivity index (χ0v) is 22.5. The summed E-state index contributed by atoms with van der Waals surface area (Å²) in [6.07, 6.45) is 2.49. The Balaban J connectivity index is 1.32. The summed E-state index contributed by atoms with van der Waals surface area (Å²) in [5.74, 6) is -0.830. The number of hydrogen-bond acceptors (Lipinski definition) is 7. The molecule has 1 aliphatic carbocycles. The summed E-state index contributed by atoms with van der Waals surface area (Å²) in [4.78, 5) is 30.8. The number of rotatable bonds is 6. The van der Waals surface area contributed by atoms with Crippen LogP contribution in [-0.2, 0) is 37.1 Å². The second kappa shape index (κ2) is 11.0. The van der Waals surface area contributed by atoms with Gasteiger partial charge in [0.1, 0.15) is 0 Å². The van der Waals surface area contributed by atoms with Gasteiger partial charge in [-0.2, -0.15) is 4.31 Å². The van der Waals surface area contributed by atoms with Crippen molar-refractivity contribution in [1.82, 2.24) is 9.29 Å². The van der Waals surface area contributed by atoms with Crippen LogP contribution in [-0.4, -0.2) is 62.5 Å². The quantitative estimate of drug-likeness (QED) is 0.458. The molecule has 1 N–H and O–H groups in total. The molecule has 0 unspecified atom stereocenters. The fourth-order valence-electron chi connectivity index (χ4n) is 4.88. The number of nitrogens with one attached hydrogen (secondary N) is 1. The monoisotopic (exact) mass is 557 g/mol. The SMILES string of the molecule is C[C@@H]1CCc2nc3ccccc3c(C(=O)OCC(=O)Nc3cc(S(=O)(=O)N4CCOCC4)ccc3Cl)c2C1. The van der Waals surface area contributed by atoms with Gasteiger partial charge in [-0.15, -0.1) is 0 Å². The number of hydrogen-bond donors (Lipinski definition) is 1. The molecule has 1 fully saturated rings. The molecule has 2 aliphatic rings. The molecule has 38 heavy (non-hydrogen) atoms. The average molecular weight is 558 g/mol. The van der Waals surface area contributed by atoms with Crippen LogP contribution in [0.25, 0.3) is 10.9 Å². The smallest absolute Gasteiger partial charge is 0.339 e. The molecule has 11 heteroatoms. The van der Waals surface area contributed by atoms with E-state index in [0.717, 1.165) is 24.1 Å². The number of pyridine rings is 1. The van der Waals surface area contributed by atoms with E-state index in [1.54, 1.807) is 0 Å². The second-order valence-electron chi connectivity index (χ2n) is 9.56. The number of morpholine rings is 1. The molecule has 3 aromatic rings. The highest BCUT2D eigenvalue weighted by molar-refractivity contribution is 7.89. The highest BCUT2D eigenvalue weighted by Crippen LogP contribution is 2.32. The molecule has 0 saturated carbocycles. The highest BCUT2D eigenvalue weighted by Gasteiger charge is 2.28.